The van der Waals surface area contributed by atoms with Gasteiger partial charge < -0.3 is 4.90 Å². The van der Waals surface area contributed by atoms with Gasteiger partial charge in [0, 0.05) is 31.7 Å². The molecule has 2 aliphatic rings. The summed E-state index contributed by atoms with van der Waals surface area (Å²) >= 11 is 0. The topological polar surface area (TPSA) is 57.7 Å². The molecule has 0 bridgehead atoms. The van der Waals surface area contributed by atoms with Gasteiger partial charge in [0.15, 0.2) is 0 Å². The molecule has 0 saturated heterocycles. The summed E-state index contributed by atoms with van der Waals surface area (Å²) in [5.74, 6) is 2.51. The molecule has 2 aliphatic heterocycles. The zero-order chi connectivity index (χ0) is 19.7. The Labute approximate surface area is 165 Å². The molecule has 6 heteroatoms. The van der Waals surface area contributed by atoms with Gasteiger partial charge in [0.2, 0.25) is 15.9 Å². The number of sulfonamides is 1. The minimum atomic E-state index is -3.66. The van der Waals surface area contributed by atoms with E-state index in [4.69, 9.17) is 6.42 Å². The molecule has 2 aromatic rings. The van der Waals surface area contributed by atoms with Crippen LogP contribution in [0.15, 0.2) is 70.6 Å². The van der Waals surface area contributed by atoms with Gasteiger partial charge in [0.1, 0.15) is 0 Å². The van der Waals surface area contributed by atoms with Gasteiger partial charge >= 0.3 is 0 Å². The molecule has 0 N–H and O–H groups in total. The number of benzene rings is 2. The molecule has 0 spiro atoms. The van der Waals surface area contributed by atoms with E-state index in [0.717, 1.165) is 16.7 Å². The highest BCUT2D eigenvalue weighted by molar-refractivity contribution is 7.89. The Morgan fingerprint density at radius 2 is 1.54 bits per heavy atom. The van der Waals surface area contributed by atoms with Gasteiger partial charge in [-0.1, -0.05) is 48.4 Å². The Morgan fingerprint density at radius 1 is 0.929 bits per heavy atom. The number of rotatable bonds is 4. The number of nitrogens with zero attached hydrogens (tertiary/aromatic N) is 2. The summed E-state index contributed by atoms with van der Waals surface area (Å²) in [6.45, 7) is 1.60. The van der Waals surface area contributed by atoms with Crippen molar-refractivity contribution in [1.29, 1.82) is 0 Å². The summed E-state index contributed by atoms with van der Waals surface area (Å²) in [5, 5.41) is 0. The van der Waals surface area contributed by atoms with Crippen LogP contribution in [0.1, 0.15) is 11.1 Å². The molecule has 0 unspecified atom stereocenters. The van der Waals surface area contributed by atoms with Crippen molar-refractivity contribution >= 4 is 15.9 Å². The summed E-state index contributed by atoms with van der Waals surface area (Å²) < 4.78 is 27.5. The molecule has 0 atom stereocenters. The van der Waals surface area contributed by atoms with E-state index in [9.17, 15) is 13.2 Å². The lowest BCUT2D eigenvalue weighted by atomic mass is 10.1. The Bertz CT molecular complexity index is 1080. The third-order valence-corrected chi connectivity index (χ3v) is 7.06. The van der Waals surface area contributed by atoms with Gasteiger partial charge in [0.25, 0.3) is 0 Å². The Kier molecular flexibility index (Phi) is 4.80. The highest BCUT2D eigenvalue weighted by Gasteiger charge is 2.38. The van der Waals surface area contributed by atoms with E-state index in [2.05, 4.69) is 5.92 Å². The van der Waals surface area contributed by atoms with Crippen LogP contribution in [-0.2, 0) is 21.2 Å². The lowest BCUT2D eigenvalue weighted by Crippen LogP contribution is -2.37. The van der Waals surface area contributed by atoms with Crippen molar-refractivity contribution < 1.29 is 13.2 Å². The molecule has 0 aliphatic carbocycles. The van der Waals surface area contributed by atoms with Crippen LogP contribution in [0.2, 0.25) is 0 Å². The van der Waals surface area contributed by atoms with Gasteiger partial charge in [-0.15, -0.1) is 6.42 Å². The first-order valence-corrected chi connectivity index (χ1v) is 10.5. The zero-order valence-corrected chi connectivity index (χ0v) is 16.2. The van der Waals surface area contributed by atoms with Crippen LogP contribution in [0.4, 0.5) is 0 Å². The first-order valence-electron chi connectivity index (χ1n) is 9.06. The van der Waals surface area contributed by atoms with Gasteiger partial charge in [0.05, 0.1) is 11.3 Å². The van der Waals surface area contributed by atoms with E-state index in [-0.39, 0.29) is 10.8 Å². The van der Waals surface area contributed by atoms with Crippen molar-refractivity contribution in [3.63, 3.8) is 0 Å². The van der Waals surface area contributed by atoms with Crippen LogP contribution < -0.4 is 0 Å². The van der Waals surface area contributed by atoms with E-state index in [1.165, 1.54) is 4.31 Å². The second kappa shape index (κ2) is 7.27. The fourth-order valence-electron chi connectivity index (χ4n) is 3.72. The van der Waals surface area contributed by atoms with Crippen molar-refractivity contribution in [3.05, 3.63) is 76.9 Å². The SMILES string of the molecule is C#Cc1ccccc1S(=O)(=O)N1CC2=C(CN(C(=O)Cc3ccccc3)C2)C1. The maximum Gasteiger partial charge on any atom is 0.244 e. The van der Waals surface area contributed by atoms with Crippen molar-refractivity contribution in [2.24, 2.45) is 0 Å². The number of amides is 1. The van der Waals surface area contributed by atoms with Crippen LogP contribution in [0.3, 0.4) is 0 Å². The fraction of sp³-hybridized carbons (Fsp3) is 0.227. The Morgan fingerprint density at radius 3 is 2.18 bits per heavy atom. The van der Waals surface area contributed by atoms with Crippen molar-refractivity contribution in [3.8, 4) is 12.3 Å². The van der Waals surface area contributed by atoms with Crippen molar-refractivity contribution in [2.45, 2.75) is 11.3 Å². The minimum absolute atomic E-state index is 0.0627. The molecule has 28 heavy (non-hydrogen) atoms. The second-order valence-electron chi connectivity index (χ2n) is 7.03. The molecule has 4 rings (SSSR count). The second-order valence-corrected chi connectivity index (χ2v) is 8.94. The van der Waals surface area contributed by atoms with Crippen LogP contribution in [0.5, 0.6) is 0 Å². The molecule has 1 amide bonds. The molecule has 5 nitrogen and oxygen atoms in total. The largest absolute Gasteiger partial charge is 0.334 e. The number of carbonyl (C=O) groups is 1. The average Bonchev–Trinajstić information content (AvgIpc) is 3.28. The highest BCUT2D eigenvalue weighted by atomic mass is 32.2. The van der Waals surface area contributed by atoms with Gasteiger partial charge in [-0.2, -0.15) is 4.31 Å². The quantitative estimate of drug-likeness (QED) is 0.591. The first kappa shape index (κ1) is 18.5. The standard InChI is InChI=1S/C22H20N2O3S/c1-2-18-10-6-7-11-21(18)28(26,27)24-15-19-13-23(14-20(19)16-24)22(25)12-17-8-4-3-5-9-17/h1,3-11H,12-16H2. The highest BCUT2D eigenvalue weighted by Crippen LogP contribution is 2.31. The summed E-state index contributed by atoms with van der Waals surface area (Å²) in [4.78, 5) is 14.5. The summed E-state index contributed by atoms with van der Waals surface area (Å²) in [7, 11) is -3.66. The predicted molar refractivity (Wildman–Crippen MR) is 107 cm³/mol. The first-order chi connectivity index (χ1) is 13.5. The molecule has 0 fully saturated rings. The van der Waals surface area contributed by atoms with Crippen LogP contribution in [-0.4, -0.2) is 49.7 Å². The average molecular weight is 392 g/mol. The molecule has 0 radical (unpaired) electrons. The normalized spacial score (nSPS) is 16.9. The summed E-state index contributed by atoms with van der Waals surface area (Å²) in [5.41, 5.74) is 3.38. The van der Waals surface area contributed by atoms with Crippen LogP contribution in [0, 0.1) is 12.3 Å². The Balaban J connectivity index is 1.43. The Hall–Kier alpha value is -2.88. The van der Waals surface area contributed by atoms with E-state index in [0.29, 0.717) is 38.2 Å². The van der Waals surface area contributed by atoms with Crippen LogP contribution in [0.25, 0.3) is 0 Å². The van der Waals surface area contributed by atoms with Gasteiger partial charge in [-0.05, 0) is 28.8 Å². The zero-order valence-electron chi connectivity index (χ0n) is 15.3. The number of hydrogen-bond donors (Lipinski definition) is 0. The number of hydrogen-bond acceptors (Lipinski definition) is 3. The number of carbonyl (C=O) groups excluding carboxylic acids is 1. The van der Waals surface area contributed by atoms with E-state index in [1.54, 1.807) is 29.2 Å². The molecular weight excluding hydrogens is 372 g/mol. The molecule has 142 valence electrons. The van der Waals surface area contributed by atoms with Crippen molar-refractivity contribution in [1.82, 2.24) is 9.21 Å². The molecule has 2 aromatic carbocycles. The third kappa shape index (κ3) is 3.35. The molecule has 0 saturated carbocycles. The molecule has 0 aromatic heterocycles. The smallest absolute Gasteiger partial charge is 0.244 e. The van der Waals surface area contributed by atoms with Crippen LogP contribution >= 0.6 is 0 Å². The van der Waals surface area contributed by atoms with Crippen molar-refractivity contribution in [2.75, 3.05) is 26.2 Å². The lowest BCUT2D eigenvalue weighted by molar-refractivity contribution is -0.129. The molecule has 2 heterocycles. The lowest BCUT2D eigenvalue weighted by Gasteiger charge is -2.23. The van der Waals surface area contributed by atoms with Gasteiger partial charge in [-0.25, -0.2) is 8.42 Å². The summed E-state index contributed by atoms with van der Waals surface area (Å²) in [6, 6.07) is 16.2. The number of terminal acetylenes is 1. The monoisotopic (exact) mass is 392 g/mol. The predicted octanol–water partition coefficient (Wildman–Crippen LogP) is 2.05. The maximum absolute atomic E-state index is 13.0. The van der Waals surface area contributed by atoms with E-state index in [1.807, 2.05) is 30.3 Å². The summed E-state index contributed by atoms with van der Waals surface area (Å²) in [6.07, 6.45) is 5.83. The van der Waals surface area contributed by atoms with Gasteiger partial charge in [-0.3, -0.25) is 4.79 Å². The maximum atomic E-state index is 13.0. The minimum Gasteiger partial charge on any atom is -0.334 e. The van der Waals surface area contributed by atoms with E-state index < -0.39 is 10.0 Å². The molecular formula is C22H20N2O3S. The van der Waals surface area contributed by atoms with E-state index >= 15 is 0 Å². The fourth-order valence-corrected chi connectivity index (χ4v) is 5.31. The third-order valence-electron chi connectivity index (χ3n) is 5.21.